The molecule has 1 saturated heterocycles. The highest BCUT2D eigenvalue weighted by atomic mass is 16.3. The molecule has 2 heterocycles. The molecule has 2 N–H and O–H groups in total. The van der Waals surface area contributed by atoms with Crippen LogP contribution in [0.15, 0.2) is 41.9 Å². The lowest BCUT2D eigenvalue weighted by Gasteiger charge is -2.37. The van der Waals surface area contributed by atoms with Gasteiger partial charge in [-0.3, -0.25) is 4.99 Å². The van der Waals surface area contributed by atoms with Crippen LogP contribution >= 0.6 is 0 Å². The number of benzene rings is 1. The number of aromatic nitrogens is 3. The summed E-state index contributed by atoms with van der Waals surface area (Å²) in [6.07, 6.45) is 5.63. The topological polar surface area (TPSA) is 81.8 Å². The van der Waals surface area contributed by atoms with E-state index in [1.165, 1.54) is 0 Å². The zero-order valence-corrected chi connectivity index (χ0v) is 15.3. The summed E-state index contributed by atoms with van der Waals surface area (Å²) in [4.78, 5) is 8.91. The molecular weight excluding hydrogens is 330 g/mol. The van der Waals surface area contributed by atoms with E-state index in [0.29, 0.717) is 5.75 Å². The molecule has 0 unspecified atom stereocenters. The fraction of sp³-hybridized carbons (Fsp3) is 0.500. The number of phenols is 1. The normalized spacial score (nSPS) is 15.3. The van der Waals surface area contributed by atoms with Crippen molar-refractivity contribution in [2.75, 3.05) is 44.7 Å². The molecule has 0 saturated carbocycles. The quantitative estimate of drug-likeness (QED) is 0.459. The van der Waals surface area contributed by atoms with Gasteiger partial charge in [0.15, 0.2) is 5.96 Å². The van der Waals surface area contributed by atoms with Crippen molar-refractivity contribution in [3.05, 3.63) is 36.9 Å². The second-order valence-corrected chi connectivity index (χ2v) is 6.34. The fourth-order valence-electron chi connectivity index (χ4n) is 3.18. The molecule has 0 bridgehead atoms. The maximum absolute atomic E-state index is 10.0. The molecule has 1 aliphatic rings. The molecule has 1 fully saturated rings. The average molecular weight is 357 g/mol. The van der Waals surface area contributed by atoms with Crippen LogP contribution in [0.2, 0.25) is 0 Å². The van der Waals surface area contributed by atoms with Gasteiger partial charge >= 0.3 is 0 Å². The molecule has 8 nitrogen and oxygen atoms in total. The van der Waals surface area contributed by atoms with Crippen LogP contribution in [0.5, 0.6) is 5.75 Å². The van der Waals surface area contributed by atoms with Crippen molar-refractivity contribution in [2.45, 2.75) is 19.4 Å². The van der Waals surface area contributed by atoms with Crippen LogP contribution in [0, 0.1) is 0 Å². The highest BCUT2D eigenvalue weighted by Gasteiger charge is 2.21. The molecule has 3 rings (SSSR count). The number of hydrogen-bond acceptors (Lipinski definition) is 5. The van der Waals surface area contributed by atoms with E-state index in [0.717, 1.165) is 63.8 Å². The van der Waals surface area contributed by atoms with E-state index in [4.69, 9.17) is 0 Å². The largest absolute Gasteiger partial charge is 0.506 e. The number of para-hydroxylation sites is 2. The SMILES string of the molecule is CN=C(NCCCCn1cnnc1)N1CCN(c2ccccc2O)CC1. The lowest BCUT2D eigenvalue weighted by molar-refractivity contribution is 0.369. The summed E-state index contributed by atoms with van der Waals surface area (Å²) in [5.74, 6) is 1.29. The monoisotopic (exact) mass is 357 g/mol. The minimum absolute atomic E-state index is 0.344. The zero-order chi connectivity index (χ0) is 18.2. The molecule has 1 aliphatic heterocycles. The first-order chi connectivity index (χ1) is 12.8. The van der Waals surface area contributed by atoms with E-state index in [9.17, 15) is 5.11 Å². The van der Waals surface area contributed by atoms with E-state index in [2.05, 4.69) is 30.3 Å². The summed E-state index contributed by atoms with van der Waals surface area (Å²) in [6, 6.07) is 7.52. The number of anilines is 1. The van der Waals surface area contributed by atoms with Crippen molar-refractivity contribution >= 4 is 11.6 Å². The van der Waals surface area contributed by atoms with Crippen molar-refractivity contribution < 1.29 is 5.11 Å². The second-order valence-electron chi connectivity index (χ2n) is 6.34. The zero-order valence-electron chi connectivity index (χ0n) is 15.3. The summed E-state index contributed by atoms with van der Waals surface area (Å²) in [5, 5.41) is 21.1. The van der Waals surface area contributed by atoms with E-state index < -0.39 is 0 Å². The number of nitrogens with one attached hydrogen (secondary N) is 1. The van der Waals surface area contributed by atoms with Gasteiger partial charge in [0.25, 0.3) is 0 Å². The van der Waals surface area contributed by atoms with Crippen LogP contribution in [0.1, 0.15) is 12.8 Å². The lowest BCUT2D eigenvalue weighted by Crippen LogP contribution is -2.52. The minimum Gasteiger partial charge on any atom is -0.506 e. The Morgan fingerprint density at radius 3 is 2.54 bits per heavy atom. The summed E-state index contributed by atoms with van der Waals surface area (Å²) >= 11 is 0. The van der Waals surface area contributed by atoms with E-state index in [-0.39, 0.29) is 0 Å². The fourth-order valence-corrected chi connectivity index (χ4v) is 3.18. The van der Waals surface area contributed by atoms with Crippen molar-refractivity contribution in [1.82, 2.24) is 25.0 Å². The Morgan fingerprint density at radius 1 is 1.12 bits per heavy atom. The van der Waals surface area contributed by atoms with Crippen LogP contribution in [0.3, 0.4) is 0 Å². The van der Waals surface area contributed by atoms with Gasteiger partial charge in [-0.15, -0.1) is 10.2 Å². The third-order valence-corrected chi connectivity index (χ3v) is 4.61. The number of guanidine groups is 1. The van der Waals surface area contributed by atoms with Gasteiger partial charge in [0, 0.05) is 46.3 Å². The molecule has 0 atom stereocenters. The Morgan fingerprint density at radius 2 is 1.85 bits per heavy atom. The average Bonchev–Trinajstić information content (AvgIpc) is 3.19. The number of rotatable bonds is 6. The molecule has 8 heteroatoms. The standard InChI is InChI=1S/C18H27N7O/c1-19-18(20-8-4-5-9-23-14-21-22-15-23)25-12-10-24(11-13-25)16-6-2-3-7-17(16)26/h2-3,6-7,14-15,26H,4-5,8-13H2,1H3,(H,19,20). The number of aryl methyl sites for hydroxylation is 1. The third kappa shape index (κ3) is 4.65. The van der Waals surface area contributed by atoms with E-state index >= 15 is 0 Å². The van der Waals surface area contributed by atoms with Crippen LogP contribution in [-0.4, -0.2) is 70.5 Å². The third-order valence-electron chi connectivity index (χ3n) is 4.61. The van der Waals surface area contributed by atoms with Crippen LogP contribution in [0.25, 0.3) is 0 Å². The van der Waals surface area contributed by atoms with Gasteiger partial charge in [-0.05, 0) is 25.0 Å². The van der Waals surface area contributed by atoms with Gasteiger partial charge in [-0.25, -0.2) is 0 Å². The van der Waals surface area contributed by atoms with Gasteiger partial charge in [-0.2, -0.15) is 0 Å². The molecule has 2 aromatic rings. The number of unbranched alkanes of at least 4 members (excludes halogenated alkanes) is 1. The molecular formula is C18H27N7O. The van der Waals surface area contributed by atoms with E-state index in [1.807, 2.05) is 29.8 Å². The maximum atomic E-state index is 10.0. The molecule has 0 aliphatic carbocycles. The van der Waals surface area contributed by atoms with Gasteiger partial charge < -0.3 is 24.8 Å². The molecule has 0 amide bonds. The minimum atomic E-state index is 0.344. The first kappa shape index (κ1) is 18.0. The lowest BCUT2D eigenvalue weighted by atomic mass is 10.2. The predicted octanol–water partition coefficient (Wildman–Crippen LogP) is 1.16. The summed E-state index contributed by atoms with van der Waals surface area (Å²) in [5.41, 5.74) is 0.907. The Hall–Kier alpha value is -2.77. The molecule has 0 spiro atoms. The Labute approximate surface area is 154 Å². The van der Waals surface area contributed by atoms with Gasteiger partial charge in [0.05, 0.1) is 5.69 Å². The Bertz CT molecular complexity index is 693. The molecule has 0 radical (unpaired) electrons. The number of aromatic hydroxyl groups is 1. The van der Waals surface area contributed by atoms with Gasteiger partial charge in [0.2, 0.25) is 0 Å². The summed E-state index contributed by atoms with van der Waals surface area (Å²) < 4.78 is 1.99. The molecule has 1 aromatic heterocycles. The maximum Gasteiger partial charge on any atom is 0.193 e. The number of aliphatic imine (C=N–C) groups is 1. The van der Waals surface area contributed by atoms with Crippen molar-refractivity contribution in [3.63, 3.8) is 0 Å². The highest BCUT2D eigenvalue weighted by molar-refractivity contribution is 5.80. The summed E-state index contributed by atoms with van der Waals surface area (Å²) in [6.45, 7) is 5.34. The Balaban J connectivity index is 1.40. The smallest absolute Gasteiger partial charge is 0.193 e. The first-order valence-electron chi connectivity index (χ1n) is 9.09. The summed E-state index contributed by atoms with van der Waals surface area (Å²) in [7, 11) is 1.83. The first-order valence-corrected chi connectivity index (χ1v) is 9.09. The van der Waals surface area contributed by atoms with Gasteiger partial charge in [-0.1, -0.05) is 12.1 Å². The van der Waals surface area contributed by atoms with E-state index in [1.54, 1.807) is 18.7 Å². The van der Waals surface area contributed by atoms with Crippen LogP contribution < -0.4 is 10.2 Å². The molecule has 140 valence electrons. The number of hydrogen-bond donors (Lipinski definition) is 2. The van der Waals surface area contributed by atoms with Crippen LogP contribution in [0.4, 0.5) is 5.69 Å². The number of piperazine rings is 1. The van der Waals surface area contributed by atoms with Gasteiger partial charge in [0.1, 0.15) is 18.4 Å². The highest BCUT2D eigenvalue weighted by Crippen LogP contribution is 2.27. The number of phenolic OH excluding ortho intramolecular Hbond substituents is 1. The second kappa shape index (κ2) is 9.07. The predicted molar refractivity (Wildman–Crippen MR) is 103 cm³/mol. The van der Waals surface area contributed by atoms with Crippen LogP contribution in [-0.2, 0) is 6.54 Å². The van der Waals surface area contributed by atoms with Crippen molar-refractivity contribution in [3.8, 4) is 5.75 Å². The molecule has 1 aromatic carbocycles. The molecule has 26 heavy (non-hydrogen) atoms. The van der Waals surface area contributed by atoms with Crippen molar-refractivity contribution in [1.29, 1.82) is 0 Å². The van der Waals surface area contributed by atoms with Crippen molar-refractivity contribution in [2.24, 2.45) is 4.99 Å². The Kier molecular flexibility index (Phi) is 6.29. The number of nitrogens with zero attached hydrogens (tertiary/aromatic N) is 6.